The molecule has 0 amide bonds. The monoisotopic (exact) mass is 395 g/mol. The highest BCUT2D eigenvalue weighted by Gasteiger charge is 2.24. The molecule has 1 aliphatic rings. The molecule has 0 radical (unpaired) electrons. The van der Waals surface area contributed by atoms with E-state index in [-0.39, 0.29) is 11.2 Å². The van der Waals surface area contributed by atoms with Gasteiger partial charge in [-0.2, -0.15) is 0 Å². The van der Waals surface area contributed by atoms with Gasteiger partial charge in [-0.3, -0.25) is 18.8 Å². The summed E-state index contributed by atoms with van der Waals surface area (Å²) in [6.07, 6.45) is 3.62. The Kier molecular flexibility index (Phi) is 5.17. The van der Waals surface area contributed by atoms with Crippen LogP contribution in [0.25, 0.3) is 11.2 Å². The molecule has 4 rings (SSSR count). The van der Waals surface area contributed by atoms with Gasteiger partial charge in [0.1, 0.15) is 5.82 Å². The van der Waals surface area contributed by atoms with Crippen LogP contribution in [0.4, 0.5) is 0 Å². The Hall–Kier alpha value is -2.67. The van der Waals surface area contributed by atoms with E-state index in [1.54, 1.807) is 7.05 Å². The van der Waals surface area contributed by atoms with Crippen molar-refractivity contribution in [2.45, 2.75) is 52.2 Å². The van der Waals surface area contributed by atoms with Gasteiger partial charge in [-0.05, 0) is 38.8 Å². The minimum Gasteiger partial charge on any atom is -0.317 e. The van der Waals surface area contributed by atoms with Crippen LogP contribution in [-0.4, -0.2) is 36.2 Å². The molecule has 154 valence electrons. The van der Waals surface area contributed by atoms with Crippen LogP contribution in [0, 0.1) is 6.92 Å². The first-order valence-electron chi connectivity index (χ1n) is 10.3. The molecule has 0 bridgehead atoms. The van der Waals surface area contributed by atoms with Gasteiger partial charge < -0.3 is 4.57 Å². The largest absolute Gasteiger partial charge is 0.332 e. The normalized spacial score (nSPS) is 17.9. The quantitative estimate of drug-likeness (QED) is 0.679. The number of aromatic nitrogens is 4. The second-order valence-electron chi connectivity index (χ2n) is 8.29. The van der Waals surface area contributed by atoms with Crippen LogP contribution >= 0.6 is 0 Å². The number of hydrogen-bond acceptors (Lipinski definition) is 4. The van der Waals surface area contributed by atoms with E-state index in [0.29, 0.717) is 30.3 Å². The molecule has 0 spiro atoms. The van der Waals surface area contributed by atoms with E-state index in [0.717, 1.165) is 17.9 Å². The summed E-state index contributed by atoms with van der Waals surface area (Å²) in [4.78, 5) is 32.7. The molecule has 7 nitrogen and oxygen atoms in total. The van der Waals surface area contributed by atoms with Crippen molar-refractivity contribution in [3.8, 4) is 0 Å². The van der Waals surface area contributed by atoms with Crippen molar-refractivity contribution >= 4 is 11.2 Å². The van der Waals surface area contributed by atoms with Crippen LogP contribution in [0.3, 0.4) is 0 Å². The Balaban J connectivity index is 1.87. The van der Waals surface area contributed by atoms with Crippen molar-refractivity contribution in [1.82, 2.24) is 23.6 Å². The third kappa shape index (κ3) is 3.55. The zero-order valence-electron chi connectivity index (χ0n) is 17.7. The summed E-state index contributed by atoms with van der Waals surface area (Å²) in [6, 6.07) is 8.81. The van der Waals surface area contributed by atoms with E-state index in [4.69, 9.17) is 4.98 Å². The lowest BCUT2D eigenvalue weighted by Crippen LogP contribution is -2.38. The SMILES string of the molecule is Cc1ccc(Cn2c(CN3CCCC[C@H]3C)nc3c2c(=O)n(C)c(=O)n3C)cc1. The molecule has 2 aromatic heterocycles. The molecule has 3 aromatic rings. The summed E-state index contributed by atoms with van der Waals surface area (Å²) in [5.41, 5.74) is 2.63. The van der Waals surface area contributed by atoms with Crippen molar-refractivity contribution in [3.05, 3.63) is 62.1 Å². The number of imidazole rings is 1. The Morgan fingerprint density at radius 3 is 2.45 bits per heavy atom. The topological polar surface area (TPSA) is 65.1 Å². The number of rotatable bonds is 4. The molecule has 0 unspecified atom stereocenters. The number of fused-ring (bicyclic) bond motifs is 1. The molecule has 3 heterocycles. The summed E-state index contributed by atoms with van der Waals surface area (Å²) >= 11 is 0. The number of piperidine rings is 1. The molecule has 0 aliphatic carbocycles. The molecule has 1 aliphatic heterocycles. The van der Waals surface area contributed by atoms with E-state index in [2.05, 4.69) is 43.0 Å². The van der Waals surface area contributed by atoms with Crippen LogP contribution in [0.2, 0.25) is 0 Å². The van der Waals surface area contributed by atoms with Crippen molar-refractivity contribution in [2.75, 3.05) is 6.54 Å². The zero-order chi connectivity index (χ0) is 20.7. The Bertz CT molecular complexity index is 1150. The van der Waals surface area contributed by atoms with Gasteiger partial charge >= 0.3 is 5.69 Å². The standard InChI is InChI=1S/C22H29N5O2/c1-15-8-10-17(11-9-15)13-27-18(14-26-12-6-5-7-16(26)2)23-20-19(27)21(28)25(4)22(29)24(20)3/h8-11,16H,5-7,12-14H2,1-4H3/t16-/m1/s1. The van der Waals surface area contributed by atoms with Gasteiger partial charge in [0.15, 0.2) is 11.2 Å². The molecular formula is C22H29N5O2. The van der Waals surface area contributed by atoms with Crippen LogP contribution in [0.1, 0.15) is 43.1 Å². The predicted octanol–water partition coefficient (Wildman–Crippen LogP) is 2.16. The van der Waals surface area contributed by atoms with Crippen LogP contribution in [0.5, 0.6) is 0 Å². The van der Waals surface area contributed by atoms with Crippen molar-refractivity contribution in [3.63, 3.8) is 0 Å². The van der Waals surface area contributed by atoms with Gasteiger partial charge in [0.05, 0.1) is 6.54 Å². The first-order valence-corrected chi connectivity index (χ1v) is 10.3. The number of benzene rings is 1. The molecule has 0 saturated carbocycles. The number of likely N-dealkylation sites (tertiary alicyclic amines) is 1. The third-order valence-corrected chi connectivity index (χ3v) is 6.17. The predicted molar refractivity (Wildman–Crippen MR) is 114 cm³/mol. The van der Waals surface area contributed by atoms with Gasteiger partial charge in [-0.1, -0.05) is 36.2 Å². The summed E-state index contributed by atoms with van der Waals surface area (Å²) < 4.78 is 4.65. The van der Waals surface area contributed by atoms with Crippen molar-refractivity contribution in [2.24, 2.45) is 14.1 Å². The Labute approximate surface area is 170 Å². The lowest BCUT2D eigenvalue weighted by Gasteiger charge is -2.33. The van der Waals surface area contributed by atoms with Crippen LogP contribution < -0.4 is 11.2 Å². The number of hydrogen-bond donors (Lipinski definition) is 0. The zero-order valence-corrected chi connectivity index (χ0v) is 17.7. The maximum absolute atomic E-state index is 13.0. The smallest absolute Gasteiger partial charge is 0.317 e. The van der Waals surface area contributed by atoms with Gasteiger partial charge in [0.2, 0.25) is 0 Å². The average molecular weight is 396 g/mol. The van der Waals surface area contributed by atoms with Crippen molar-refractivity contribution in [1.29, 1.82) is 0 Å². The van der Waals surface area contributed by atoms with Crippen LogP contribution in [-0.2, 0) is 27.2 Å². The van der Waals surface area contributed by atoms with Crippen LogP contribution in [0.15, 0.2) is 33.9 Å². The Morgan fingerprint density at radius 2 is 1.76 bits per heavy atom. The fourth-order valence-electron chi connectivity index (χ4n) is 4.23. The van der Waals surface area contributed by atoms with Gasteiger partial charge in [0.25, 0.3) is 5.56 Å². The molecule has 1 saturated heterocycles. The second-order valence-corrected chi connectivity index (χ2v) is 8.29. The second kappa shape index (κ2) is 7.63. The lowest BCUT2D eigenvalue weighted by atomic mass is 10.0. The highest BCUT2D eigenvalue weighted by Crippen LogP contribution is 2.21. The number of aryl methyl sites for hydroxylation is 2. The van der Waals surface area contributed by atoms with Gasteiger partial charge in [-0.25, -0.2) is 9.78 Å². The maximum atomic E-state index is 13.0. The Morgan fingerprint density at radius 1 is 1.03 bits per heavy atom. The highest BCUT2D eigenvalue weighted by atomic mass is 16.2. The highest BCUT2D eigenvalue weighted by molar-refractivity contribution is 5.71. The lowest BCUT2D eigenvalue weighted by molar-refractivity contribution is 0.147. The summed E-state index contributed by atoms with van der Waals surface area (Å²) in [5.74, 6) is 0.840. The summed E-state index contributed by atoms with van der Waals surface area (Å²) in [6.45, 7) is 6.58. The van der Waals surface area contributed by atoms with Gasteiger partial charge in [-0.15, -0.1) is 0 Å². The van der Waals surface area contributed by atoms with E-state index in [1.165, 1.54) is 41.0 Å². The van der Waals surface area contributed by atoms with E-state index in [9.17, 15) is 9.59 Å². The first-order chi connectivity index (χ1) is 13.9. The fraction of sp³-hybridized carbons (Fsp3) is 0.500. The average Bonchev–Trinajstić information content (AvgIpc) is 3.06. The minimum absolute atomic E-state index is 0.291. The molecule has 1 atom stereocenters. The van der Waals surface area contributed by atoms with E-state index >= 15 is 0 Å². The molecule has 29 heavy (non-hydrogen) atoms. The molecule has 7 heteroatoms. The third-order valence-electron chi connectivity index (χ3n) is 6.17. The minimum atomic E-state index is -0.347. The fourth-order valence-corrected chi connectivity index (χ4v) is 4.23. The summed E-state index contributed by atoms with van der Waals surface area (Å²) in [5, 5.41) is 0. The van der Waals surface area contributed by atoms with E-state index in [1.807, 2.05) is 4.57 Å². The first kappa shape index (κ1) is 19.6. The van der Waals surface area contributed by atoms with Crippen molar-refractivity contribution < 1.29 is 0 Å². The maximum Gasteiger partial charge on any atom is 0.332 e. The van der Waals surface area contributed by atoms with Gasteiger partial charge in [0, 0.05) is 26.7 Å². The molecular weight excluding hydrogens is 366 g/mol. The molecule has 1 aromatic carbocycles. The summed E-state index contributed by atoms with van der Waals surface area (Å²) in [7, 11) is 3.21. The van der Waals surface area contributed by atoms with E-state index < -0.39 is 0 Å². The molecule has 1 fully saturated rings. The molecule has 0 N–H and O–H groups in total. The number of nitrogens with zero attached hydrogens (tertiary/aromatic N) is 5.